The van der Waals surface area contributed by atoms with E-state index in [0.29, 0.717) is 6.04 Å². The topological polar surface area (TPSA) is 24.4 Å². The van der Waals surface area contributed by atoms with E-state index >= 15 is 0 Å². The van der Waals surface area contributed by atoms with Gasteiger partial charge in [0, 0.05) is 11.8 Å². The van der Waals surface area contributed by atoms with Crippen LogP contribution in [0.2, 0.25) is 0 Å². The summed E-state index contributed by atoms with van der Waals surface area (Å²) in [7, 11) is 2.13. The quantitative estimate of drug-likeness (QED) is 0.231. The molecule has 6 atom stereocenters. The molecule has 0 amide bonds. The van der Waals surface area contributed by atoms with E-state index in [1.165, 1.54) is 69.1 Å². The standard InChI is InChI=1S/C27H48N2/c1-19(2)20(3)10-8-9-11-23(6)29-27-15-13-25(17-22(27)5)18-24-12-14-26(28-7)21(4)16-24/h21-22,24-28H,1,3,8-18H2,2,4-7H3. The second-order valence-electron chi connectivity index (χ2n) is 10.5. The fourth-order valence-corrected chi connectivity index (χ4v) is 5.80. The van der Waals surface area contributed by atoms with Crippen molar-refractivity contribution in [3.63, 3.8) is 0 Å². The van der Waals surface area contributed by atoms with Gasteiger partial charge in [-0.3, -0.25) is 4.99 Å². The van der Waals surface area contributed by atoms with E-state index in [1.54, 1.807) is 0 Å². The summed E-state index contributed by atoms with van der Waals surface area (Å²) in [6, 6.07) is 1.31. The summed E-state index contributed by atoms with van der Waals surface area (Å²) in [6.45, 7) is 17.3. The molecule has 0 heterocycles. The molecular formula is C27H48N2. The van der Waals surface area contributed by atoms with E-state index in [1.807, 2.05) is 0 Å². The minimum atomic E-state index is 0.565. The van der Waals surface area contributed by atoms with Crippen LogP contribution in [0.1, 0.15) is 98.3 Å². The molecule has 29 heavy (non-hydrogen) atoms. The van der Waals surface area contributed by atoms with Crippen molar-refractivity contribution in [1.82, 2.24) is 5.32 Å². The Kier molecular flexibility index (Phi) is 10.2. The zero-order valence-corrected chi connectivity index (χ0v) is 20.1. The van der Waals surface area contributed by atoms with Gasteiger partial charge < -0.3 is 5.32 Å². The predicted octanol–water partition coefficient (Wildman–Crippen LogP) is 7.36. The van der Waals surface area contributed by atoms with Gasteiger partial charge in [-0.15, -0.1) is 0 Å². The summed E-state index contributed by atoms with van der Waals surface area (Å²) in [4.78, 5) is 5.15. The van der Waals surface area contributed by atoms with Crippen LogP contribution in [0.25, 0.3) is 0 Å². The van der Waals surface area contributed by atoms with Crippen LogP contribution < -0.4 is 5.32 Å². The summed E-state index contributed by atoms with van der Waals surface area (Å²) in [5.41, 5.74) is 3.70. The number of rotatable bonds is 10. The second-order valence-corrected chi connectivity index (χ2v) is 10.5. The van der Waals surface area contributed by atoms with Crippen LogP contribution in [0.5, 0.6) is 0 Å². The third-order valence-electron chi connectivity index (χ3n) is 7.80. The third-order valence-corrected chi connectivity index (χ3v) is 7.80. The first kappa shape index (κ1) is 24.4. The van der Waals surface area contributed by atoms with Crippen molar-refractivity contribution in [2.24, 2.45) is 28.7 Å². The molecule has 0 radical (unpaired) electrons. The first-order valence-corrected chi connectivity index (χ1v) is 12.3. The maximum atomic E-state index is 5.15. The molecule has 166 valence electrons. The van der Waals surface area contributed by atoms with E-state index in [4.69, 9.17) is 4.99 Å². The maximum absolute atomic E-state index is 5.15. The molecule has 2 rings (SSSR count). The van der Waals surface area contributed by atoms with Crippen LogP contribution in [0.15, 0.2) is 29.3 Å². The van der Waals surface area contributed by atoms with Gasteiger partial charge in [-0.1, -0.05) is 38.2 Å². The van der Waals surface area contributed by atoms with E-state index < -0.39 is 0 Å². The molecule has 0 aliphatic heterocycles. The highest BCUT2D eigenvalue weighted by Gasteiger charge is 2.32. The molecule has 0 bridgehead atoms. The molecule has 2 saturated carbocycles. The van der Waals surface area contributed by atoms with Crippen molar-refractivity contribution in [3.05, 3.63) is 24.3 Å². The molecule has 0 spiro atoms. The van der Waals surface area contributed by atoms with Crippen molar-refractivity contribution in [2.75, 3.05) is 7.05 Å². The van der Waals surface area contributed by atoms with Crippen LogP contribution in [-0.4, -0.2) is 24.8 Å². The molecule has 0 aromatic rings. The molecule has 2 aliphatic carbocycles. The molecule has 2 fully saturated rings. The lowest BCUT2D eigenvalue weighted by atomic mass is 9.70. The van der Waals surface area contributed by atoms with E-state index in [9.17, 15) is 0 Å². The Bertz CT molecular complexity index is 561. The average Bonchev–Trinajstić information content (AvgIpc) is 2.67. The Morgan fingerprint density at radius 3 is 2.10 bits per heavy atom. The van der Waals surface area contributed by atoms with Crippen molar-refractivity contribution < 1.29 is 0 Å². The first-order valence-electron chi connectivity index (χ1n) is 12.3. The Labute approximate surface area is 181 Å². The average molecular weight is 401 g/mol. The minimum absolute atomic E-state index is 0.565. The number of unbranched alkanes of at least 4 members (excludes halogenated alkanes) is 1. The van der Waals surface area contributed by atoms with E-state index in [0.717, 1.165) is 48.1 Å². The minimum Gasteiger partial charge on any atom is -0.317 e. The lowest BCUT2D eigenvalue weighted by molar-refractivity contribution is 0.161. The van der Waals surface area contributed by atoms with Crippen LogP contribution in [-0.2, 0) is 0 Å². The molecule has 6 unspecified atom stereocenters. The van der Waals surface area contributed by atoms with Crippen molar-refractivity contribution in [2.45, 2.75) is 110 Å². The van der Waals surface area contributed by atoms with Crippen LogP contribution in [0.3, 0.4) is 0 Å². The number of hydrogen-bond acceptors (Lipinski definition) is 2. The van der Waals surface area contributed by atoms with E-state index in [-0.39, 0.29) is 0 Å². The lowest BCUT2D eigenvalue weighted by Crippen LogP contribution is -2.38. The Morgan fingerprint density at radius 2 is 1.52 bits per heavy atom. The summed E-state index contributed by atoms with van der Waals surface area (Å²) in [5, 5.41) is 3.51. The van der Waals surface area contributed by atoms with E-state index in [2.05, 4.69) is 53.2 Å². The summed E-state index contributed by atoms with van der Waals surface area (Å²) < 4.78 is 0. The number of nitrogens with one attached hydrogen (secondary N) is 1. The Hall–Kier alpha value is -0.890. The van der Waals surface area contributed by atoms with Gasteiger partial charge in [0.05, 0.1) is 6.04 Å². The fourth-order valence-electron chi connectivity index (χ4n) is 5.80. The summed E-state index contributed by atoms with van der Waals surface area (Å²) in [6.07, 6.45) is 14.4. The van der Waals surface area contributed by atoms with Gasteiger partial charge in [0.1, 0.15) is 0 Å². The summed E-state index contributed by atoms with van der Waals surface area (Å²) in [5.74, 6) is 3.49. The van der Waals surface area contributed by atoms with Gasteiger partial charge in [0.25, 0.3) is 0 Å². The zero-order chi connectivity index (χ0) is 21.4. The number of nitrogens with zero attached hydrogens (tertiary/aromatic N) is 1. The lowest BCUT2D eigenvalue weighted by Gasteiger charge is -2.38. The molecule has 0 aromatic heterocycles. The van der Waals surface area contributed by atoms with Crippen molar-refractivity contribution in [3.8, 4) is 0 Å². The summed E-state index contributed by atoms with van der Waals surface area (Å²) >= 11 is 0. The van der Waals surface area contributed by atoms with Gasteiger partial charge in [0.2, 0.25) is 0 Å². The van der Waals surface area contributed by atoms with Crippen molar-refractivity contribution >= 4 is 5.71 Å². The Balaban J connectivity index is 1.70. The molecule has 1 N–H and O–H groups in total. The highest BCUT2D eigenvalue weighted by molar-refractivity contribution is 5.82. The van der Waals surface area contributed by atoms with Crippen LogP contribution >= 0.6 is 0 Å². The zero-order valence-electron chi connectivity index (χ0n) is 20.1. The number of allylic oxidation sites excluding steroid dienone is 2. The molecule has 0 aromatic carbocycles. The van der Waals surface area contributed by atoms with Crippen LogP contribution in [0, 0.1) is 23.7 Å². The normalized spacial score (nSPS) is 33.5. The third kappa shape index (κ3) is 8.04. The van der Waals surface area contributed by atoms with Gasteiger partial charge in [0.15, 0.2) is 0 Å². The van der Waals surface area contributed by atoms with Gasteiger partial charge in [-0.05, 0) is 115 Å². The van der Waals surface area contributed by atoms with Gasteiger partial charge in [-0.2, -0.15) is 0 Å². The predicted molar refractivity (Wildman–Crippen MR) is 130 cm³/mol. The molecule has 2 nitrogen and oxygen atoms in total. The van der Waals surface area contributed by atoms with Gasteiger partial charge >= 0.3 is 0 Å². The monoisotopic (exact) mass is 400 g/mol. The maximum Gasteiger partial charge on any atom is 0.0524 e. The smallest absolute Gasteiger partial charge is 0.0524 e. The molecule has 2 aliphatic rings. The highest BCUT2D eigenvalue weighted by atomic mass is 14.9. The van der Waals surface area contributed by atoms with Crippen LogP contribution in [0.4, 0.5) is 0 Å². The van der Waals surface area contributed by atoms with Crippen molar-refractivity contribution in [1.29, 1.82) is 0 Å². The Morgan fingerprint density at radius 1 is 0.897 bits per heavy atom. The fraction of sp³-hybridized carbons (Fsp3) is 0.815. The first-order chi connectivity index (χ1) is 13.8. The second kappa shape index (κ2) is 12.1. The van der Waals surface area contributed by atoms with Gasteiger partial charge in [-0.25, -0.2) is 0 Å². The number of hydrogen-bond donors (Lipinski definition) is 1. The molecule has 0 saturated heterocycles. The molecule has 2 heteroatoms. The highest BCUT2D eigenvalue weighted by Crippen LogP contribution is 2.39. The number of aliphatic imine (C=N–C) groups is 1. The molecular weight excluding hydrogens is 352 g/mol. The SMILES string of the molecule is C=C(C)C(=C)CCCCC(C)=NC1CCC(CC2CCC(NC)C(C)C2)CC1C. The largest absolute Gasteiger partial charge is 0.317 e.